The molecular formula is C13H14FNS. The molecular weight excluding hydrogens is 221 g/mol. The Morgan fingerprint density at radius 1 is 1.19 bits per heavy atom. The minimum absolute atomic E-state index is 0.155. The first kappa shape index (κ1) is 11.1. The largest absolute Gasteiger partial charge is 0.380 e. The Morgan fingerprint density at radius 2 is 2.00 bits per heavy atom. The maximum Gasteiger partial charge on any atom is 0.126 e. The summed E-state index contributed by atoms with van der Waals surface area (Å²) < 4.78 is 13.1. The molecule has 0 unspecified atom stereocenters. The first-order chi connectivity index (χ1) is 7.66. The van der Waals surface area contributed by atoms with Crippen molar-refractivity contribution in [3.8, 4) is 0 Å². The zero-order valence-electron chi connectivity index (χ0n) is 9.38. The summed E-state index contributed by atoms with van der Waals surface area (Å²) in [7, 11) is 0. The number of hydrogen-bond acceptors (Lipinski definition) is 2. The molecule has 0 aliphatic carbocycles. The number of thiophene rings is 1. The van der Waals surface area contributed by atoms with Gasteiger partial charge in [-0.05, 0) is 54.6 Å². The lowest BCUT2D eigenvalue weighted by atomic mass is 10.2. The molecule has 2 rings (SSSR count). The van der Waals surface area contributed by atoms with Crippen LogP contribution in [-0.4, -0.2) is 0 Å². The van der Waals surface area contributed by atoms with E-state index in [1.807, 2.05) is 6.07 Å². The molecule has 0 aliphatic heterocycles. The number of halogens is 1. The fraction of sp³-hybridized carbons (Fsp3) is 0.231. The monoisotopic (exact) mass is 235 g/mol. The fourth-order valence-corrected chi connectivity index (χ4v) is 2.37. The van der Waals surface area contributed by atoms with E-state index < -0.39 is 0 Å². The van der Waals surface area contributed by atoms with Crippen LogP contribution in [0, 0.1) is 19.7 Å². The number of aryl methyl sites for hydroxylation is 2. The molecule has 0 atom stereocenters. The summed E-state index contributed by atoms with van der Waals surface area (Å²) in [6.45, 7) is 4.68. The van der Waals surface area contributed by atoms with Crippen molar-refractivity contribution in [1.82, 2.24) is 0 Å². The first-order valence-electron chi connectivity index (χ1n) is 5.20. The minimum Gasteiger partial charge on any atom is -0.380 e. The van der Waals surface area contributed by atoms with E-state index in [-0.39, 0.29) is 5.82 Å². The predicted molar refractivity (Wildman–Crippen MR) is 67.5 cm³/mol. The third-order valence-electron chi connectivity index (χ3n) is 2.58. The lowest BCUT2D eigenvalue weighted by molar-refractivity contribution is 0.618. The molecule has 0 saturated carbocycles. The van der Waals surface area contributed by atoms with Crippen LogP contribution in [0.5, 0.6) is 0 Å². The molecule has 84 valence electrons. The molecule has 1 nitrogen and oxygen atoms in total. The molecule has 0 bridgehead atoms. The van der Waals surface area contributed by atoms with Gasteiger partial charge in [0, 0.05) is 17.1 Å². The van der Waals surface area contributed by atoms with Crippen molar-refractivity contribution >= 4 is 17.0 Å². The molecule has 0 spiro atoms. The Labute approximate surface area is 98.9 Å². The molecule has 1 heterocycles. The maximum atomic E-state index is 13.1. The Morgan fingerprint density at radius 3 is 2.62 bits per heavy atom. The van der Waals surface area contributed by atoms with Gasteiger partial charge in [0.1, 0.15) is 5.82 Å². The van der Waals surface area contributed by atoms with Gasteiger partial charge in [-0.1, -0.05) is 0 Å². The van der Waals surface area contributed by atoms with Gasteiger partial charge in [0.05, 0.1) is 0 Å². The molecule has 3 heteroatoms. The van der Waals surface area contributed by atoms with Crippen molar-refractivity contribution in [3.63, 3.8) is 0 Å². The lowest BCUT2D eigenvalue weighted by Gasteiger charge is -2.07. The zero-order chi connectivity index (χ0) is 11.5. The van der Waals surface area contributed by atoms with Crippen LogP contribution in [0.1, 0.15) is 16.0 Å². The van der Waals surface area contributed by atoms with E-state index in [1.54, 1.807) is 24.3 Å². The first-order valence-corrected chi connectivity index (χ1v) is 6.08. The summed E-state index contributed by atoms with van der Waals surface area (Å²) in [4.78, 5) is 1.32. The van der Waals surface area contributed by atoms with Gasteiger partial charge in [0.25, 0.3) is 0 Å². The van der Waals surface area contributed by atoms with Gasteiger partial charge in [-0.25, -0.2) is 4.39 Å². The molecule has 1 N–H and O–H groups in total. The summed E-state index contributed by atoms with van der Waals surface area (Å²) in [5, 5.41) is 5.39. The van der Waals surface area contributed by atoms with Gasteiger partial charge in [-0.2, -0.15) is 0 Å². The van der Waals surface area contributed by atoms with Crippen molar-refractivity contribution in [3.05, 3.63) is 51.5 Å². The average Bonchev–Trinajstić information content (AvgIpc) is 2.66. The Kier molecular flexibility index (Phi) is 3.25. The van der Waals surface area contributed by atoms with Crippen LogP contribution in [-0.2, 0) is 6.54 Å². The van der Waals surface area contributed by atoms with Gasteiger partial charge in [-0.15, -0.1) is 11.3 Å². The number of nitrogens with one attached hydrogen (secondary N) is 1. The summed E-state index contributed by atoms with van der Waals surface area (Å²) in [6, 6.07) is 7.21. The molecule has 0 aliphatic rings. The normalized spacial score (nSPS) is 10.4. The van der Waals surface area contributed by atoms with Crippen LogP contribution < -0.4 is 5.32 Å². The number of benzene rings is 1. The van der Waals surface area contributed by atoms with E-state index in [0.717, 1.165) is 12.2 Å². The predicted octanol–water partition coefficient (Wildman–Crippen LogP) is 4.12. The van der Waals surface area contributed by atoms with E-state index in [0.29, 0.717) is 5.56 Å². The van der Waals surface area contributed by atoms with Gasteiger partial charge in [0.15, 0.2) is 0 Å². The Hall–Kier alpha value is -1.35. The van der Waals surface area contributed by atoms with Crippen LogP contribution in [0.2, 0.25) is 0 Å². The van der Waals surface area contributed by atoms with E-state index in [1.165, 1.54) is 16.5 Å². The fourth-order valence-electron chi connectivity index (χ4n) is 1.52. The zero-order valence-corrected chi connectivity index (χ0v) is 10.2. The van der Waals surface area contributed by atoms with E-state index in [4.69, 9.17) is 0 Å². The van der Waals surface area contributed by atoms with E-state index in [2.05, 4.69) is 23.7 Å². The summed E-state index contributed by atoms with van der Waals surface area (Å²) in [5.41, 5.74) is 2.94. The van der Waals surface area contributed by atoms with Crippen molar-refractivity contribution in [2.24, 2.45) is 0 Å². The lowest BCUT2D eigenvalue weighted by Crippen LogP contribution is -1.99. The highest BCUT2D eigenvalue weighted by atomic mass is 32.1. The van der Waals surface area contributed by atoms with Gasteiger partial charge in [-0.3, -0.25) is 0 Å². The Balaban J connectivity index is 2.05. The molecule has 0 amide bonds. The van der Waals surface area contributed by atoms with Crippen molar-refractivity contribution < 1.29 is 4.39 Å². The van der Waals surface area contributed by atoms with Crippen LogP contribution in [0.15, 0.2) is 29.6 Å². The van der Waals surface area contributed by atoms with Crippen LogP contribution in [0.3, 0.4) is 0 Å². The molecule has 2 aromatic rings. The van der Waals surface area contributed by atoms with Crippen molar-refractivity contribution in [2.45, 2.75) is 20.4 Å². The highest BCUT2D eigenvalue weighted by Gasteiger charge is 2.01. The van der Waals surface area contributed by atoms with Crippen LogP contribution in [0.4, 0.5) is 10.1 Å². The number of rotatable bonds is 3. The second-order valence-electron chi connectivity index (χ2n) is 3.84. The smallest absolute Gasteiger partial charge is 0.126 e. The minimum atomic E-state index is -0.155. The SMILES string of the molecule is Cc1cc(NCc2sccc2C)ccc1F. The van der Waals surface area contributed by atoms with Crippen LogP contribution in [0.25, 0.3) is 0 Å². The van der Waals surface area contributed by atoms with E-state index in [9.17, 15) is 4.39 Å². The topological polar surface area (TPSA) is 12.0 Å². The summed E-state index contributed by atoms with van der Waals surface area (Å²) >= 11 is 1.74. The molecule has 16 heavy (non-hydrogen) atoms. The summed E-state index contributed by atoms with van der Waals surface area (Å²) in [6.07, 6.45) is 0. The van der Waals surface area contributed by atoms with Crippen LogP contribution >= 0.6 is 11.3 Å². The van der Waals surface area contributed by atoms with Crippen molar-refractivity contribution in [1.29, 1.82) is 0 Å². The highest BCUT2D eigenvalue weighted by molar-refractivity contribution is 7.10. The molecule has 1 aromatic carbocycles. The molecule has 0 fully saturated rings. The quantitative estimate of drug-likeness (QED) is 0.844. The number of hydrogen-bond donors (Lipinski definition) is 1. The van der Waals surface area contributed by atoms with Crippen molar-refractivity contribution in [2.75, 3.05) is 5.32 Å². The third kappa shape index (κ3) is 2.42. The second-order valence-corrected chi connectivity index (χ2v) is 4.84. The average molecular weight is 235 g/mol. The summed E-state index contributed by atoms with van der Waals surface area (Å²) in [5.74, 6) is -0.155. The van der Waals surface area contributed by atoms with Gasteiger partial charge >= 0.3 is 0 Å². The molecule has 1 aromatic heterocycles. The third-order valence-corrected chi connectivity index (χ3v) is 3.60. The second kappa shape index (κ2) is 4.66. The molecule has 0 radical (unpaired) electrons. The Bertz CT molecular complexity index is 490. The van der Waals surface area contributed by atoms with Gasteiger partial charge < -0.3 is 5.32 Å². The van der Waals surface area contributed by atoms with E-state index >= 15 is 0 Å². The standard InChI is InChI=1S/C13H14FNS/c1-9-5-6-16-13(9)8-15-11-3-4-12(14)10(2)7-11/h3-7,15H,8H2,1-2H3. The molecule has 0 saturated heterocycles. The maximum absolute atomic E-state index is 13.1. The van der Waals surface area contributed by atoms with Gasteiger partial charge in [0.2, 0.25) is 0 Å². The number of anilines is 1. The highest BCUT2D eigenvalue weighted by Crippen LogP contribution is 2.19.